The van der Waals surface area contributed by atoms with Crippen molar-refractivity contribution in [1.29, 1.82) is 0 Å². The predicted molar refractivity (Wildman–Crippen MR) is 66.6 cm³/mol. The average molecular weight is 249 g/mol. The van der Waals surface area contributed by atoms with Crippen LogP contribution in [0.4, 0.5) is 11.5 Å². The van der Waals surface area contributed by atoms with E-state index >= 15 is 0 Å². The fourth-order valence-electron chi connectivity index (χ4n) is 2.19. The molecule has 1 aliphatic rings. The van der Waals surface area contributed by atoms with Crippen LogP contribution < -0.4 is 4.90 Å². The van der Waals surface area contributed by atoms with E-state index in [-0.39, 0.29) is 11.7 Å². The van der Waals surface area contributed by atoms with Crippen molar-refractivity contribution in [3.05, 3.63) is 28.4 Å². The molecule has 0 amide bonds. The van der Waals surface area contributed by atoms with Gasteiger partial charge < -0.3 is 4.90 Å². The van der Waals surface area contributed by atoms with Crippen molar-refractivity contribution in [2.45, 2.75) is 31.7 Å². The zero-order valence-corrected chi connectivity index (χ0v) is 10.2. The van der Waals surface area contributed by atoms with Gasteiger partial charge in [0, 0.05) is 32.0 Å². The predicted octanol–water partition coefficient (Wildman–Crippen LogP) is 1.94. The number of rotatable bonds is 3. The van der Waals surface area contributed by atoms with Crippen LogP contribution >= 0.6 is 0 Å². The van der Waals surface area contributed by atoms with Crippen molar-refractivity contribution >= 4 is 17.3 Å². The Labute approximate surface area is 105 Å². The van der Waals surface area contributed by atoms with E-state index in [9.17, 15) is 14.9 Å². The minimum Gasteiger partial charge on any atom is -0.357 e. The highest BCUT2D eigenvalue weighted by Crippen LogP contribution is 2.24. The summed E-state index contributed by atoms with van der Waals surface area (Å²) in [5, 5.41) is 10.5. The first-order valence-corrected chi connectivity index (χ1v) is 5.93. The lowest BCUT2D eigenvalue weighted by atomic mass is 9.93. The smallest absolute Gasteiger partial charge is 0.287 e. The van der Waals surface area contributed by atoms with E-state index in [1.165, 1.54) is 12.3 Å². The fraction of sp³-hybridized carbons (Fsp3) is 0.500. The van der Waals surface area contributed by atoms with Crippen LogP contribution in [0, 0.1) is 10.1 Å². The van der Waals surface area contributed by atoms with Crippen LogP contribution in [0.1, 0.15) is 25.7 Å². The highest BCUT2D eigenvalue weighted by atomic mass is 16.6. The monoisotopic (exact) mass is 249 g/mol. The summed E-state index contributed by atoms with van der Waals surface area (Å²) < 4.78 is 0. The average Bonchev–Trinajstić information content (AvgIpc) is 2.39. The van der Waals surface area contributed by atoms with Crippen LogP contribution in [0.2, 0.25) is 0 Å². The molecular weight excluding hydrogens is 234 g/mol. The molecule has 1 aromatic heterocycles. The molecule has 0 atom stereocenters. The molecule has 1 fully saturated rings. The topological polar surface area (TPSA) is 76.3 Å². The summed E-state index contributed by atoms with van der Waals surface area (Å²) in [6.07, 6.45) is 4.14. The van der Waals surface area contributed by atoms with Gasteiger partial charge in [0.2, 0.25) is 0 Å². The van der Waals surface area contributed by atoms with Gasteiger partial charge in [0.25, 0.3) is 5.69 Å². The third kappa shape index (κ3) is 2.64. The maximum Gasteiger partial charge on any atom is 0.287 e. The van der Waals surface area contributed by atoms with Crippen molar-refractivity contribution in [3.63, 3.8) is 0 Å². The number of ketones is 1. The Hall–Kier alpha value is -1.98. The second-order valence-electron chi connectivity index (χ2n) is 4.51. The van der Waals surface area contributed by atoms with Gasteiger partial charge in [-0.3, -0.25) is 14.9 Å². The zero-order chi connectivity index (χ0) is 13.1. The molecule has 0 aliphatic heterocycles. The Morgan fingerprint density at radius 1 is 1.39 bits per heavy atom. The van der Waals surface area contributed by atoms with Gasteiger partial charge in [0.05, 0.1) is 4.92 Å². The molecule has 1 heterocycles. The molecule has 0 unspecified atom stereocenters. The Balaban J connectivity index is 2.06. The highest BCUT2D eigenvalue weighted by Gasteiger charge is 2.23. The van der Waals surface area contributed by atoms with Gasteiger partial charge in [-0.1, -0.05) is 0 Å². The minimum absolute atomic E-state index is 0.00836. The van der Waals surface area contributed by atoms with Gasteiger partial charge in [-0.25, -0.2) is 4.98 Å². The number of nitrogens with zero attached hydrogens (tertiary/aromatic N) is 3. The summed E-state index contributed by atoms with van der Waals surface area (Å²) in [7, 11) is 1.91. The first kappa shape index (κ1) is 12.5. The molecule has 0 spiro atoms. The summed E-state index contributed by atoms with van der Waals surface area (Å²) >= 11 is 0. The molecule has 18 heavy (non-hydrogen) atoms. The number of Topliss-reactive ketones (excluding diaryl/α,β-unsaturated/α-hetero) is 1. The largest absolute Gasteiger partial charge is 0.357 e. The quantitative estimate of drug-likeness (QED) is 0.604. The van der Waals surface area contributed by atoms with Gasteiger partial charge in [0.1, 0.15) is 17.8 Å². The van der Waals surface area contributed by atoms with Gasteiger partial charge in [-0.2, -0.15) is 0 Å². The molecule has 1 saturated carbocycles. The summed E-state index contributed by atoms with van der Waals surface area (Å²) in [5.74, 6) is 1.02. The summed E-state index contributed by atoms with van der Waals surface area (Å²) in [6, 6.07) is 3.39. The maximum atomic E-state index is 11.2. The molecular formula is C12H15N3O3. The van der Waals surface area contributed by atoms with E-state index in [2.05, 4.69) is 4.98 Å². The van der Waals surface area contributed by atoms with Gasteiger partial charge >= 0.3 is 0 Å². The van der Waals surface area contributed by atoms with E-state index < -0.39 is 4.92 Å². The molecule has 0 saturated heterocycles. The Morgan fingerprint density at radius 2 is 2.06 bits per heavy atom. The second-order valence-corrected chi connectivity index (χ2v) is 4.51. The first-order valence-electron chi connectivity index (χ1n) is 5.93. The van der Waals surface area contributed by atoms with Crippen molar-refractivity contribution in [3.8, 4) is 0 Å². The highest BCUT2D eigenvalue weighted by molar-refractivity contribution is 5.79. The van der Waals surface area contributed by atoms with Crippen molar-refractivity contribution in [2.75, 3.05) is 11.9 Å². The Bertz CT molecular complexity index is 448. The SMILES string of the molecule is CN(c1ccc([N+](=O)[O-])cn1)C1CCC(=O)CC1. The van der Waals surface area contributed by atoms with E-state index in [4.69, 9.17) is 0 Å². The second kappa shape index (κ2) is 5.12. The number of aromatic nitrogens is 1. The molecule has 96 valence electrons. The third-order valence-electron chi connectivity index (χ3n) is 3.36. The van der Waals surface area contributed by atoms with Gasteiger partial charge in [0.15, 0.2) is 0 Å². The first-order chi connectivity index (χ1) is 8.58. The number of carbonyl (C=O) groups is 1. The van der Waals surface area contributed by atoms with Crippen LogP contribution in [0.25, 0.3) is 0 Å². The maximum absolute atomic E-state index is 11.2. The molecule has 0 radical (unpaired) electrons. The summed E-state index contributed by atoms with van der Waals surface area (Å²) in [6.45, 7) is 0. The lowest BCUT2D eigenvalue weighted by molar-refractivity contribution is -0.385. The molecule has 0 bridgehead atoms. The van der Waals surface area contributed by atoms with Gasteiger partial charge in [-0.15, -0.1) is 0 Å². The van der Waals surface area contributed by atoms with Crippen LogP contribution in [0.3, 0.4) is 0 Å². The molecule has 2 rings (SSSR count). The van der Waals surface area contributed by atoms with Crippen LogP contribution in [0.5, 0.6) is 0 Å². The van der Waals surface area contributed by atoms with Crippen molar-refractivity contribution in [2.24, 2.45) is 0 Å². The van der Waals surface area contributed by atoms with E-state index in [1.54, 1.807) is 6.07 Å². The summed E-state index contributed by atoms with van der Waals surface area (Å²) in [5.41, 5.74) is -0.00836. The van der Waals surface area contributed by atoms with E-state index in [1.807, 2.05) is 11.9 Å². The molecule has 0 aromatic carbocycles. The van der Waals surface area contributed by atoms with Crippen molar-refractivity contribution in [1.82, 2.24) is 4.98 Å². The summed E-state index contributed by atoms with van der Waals surface area (Å²) in [4.78, 5) is 27.3. The number of hydrogen-bond acceptors (Lipinski definition) is 5. The lowest BCUT2D eigenvalue weighted by Gasteiger charge is -2.31. The molecule has 1 aromatic rings. The molecule has 0 N–H and O–H groups in total. The Kier molecular flexibility index (Phi) is 3.55. The fourth-order valence-corrected chi connectivity index (χ4v) is 2.19. The normalized spacial score (nSPS) is 16.6. The minimum atomic E-state index is -0.462. The number of carbonyl (C=O) groups excluding carboxylic acids is 1. The van der Waals surface area contributed by atoms with Crippen LogP contribution in [-0.4, -0.2) is 28.8 Å². The van der Waals surface area contributed by atoms with E-state index in [0.29, 0.717) is 24.4 Å². The number of nitro groups is 1. The van der Waals surface area contributed by atoms with E-state index in [0.717, 1.165) is 12.8 Å². The molecule has 6 nitrogen and oxygen atoms in total. The zero-order valence-electron chi connectivity index (χ0n) is 10.2. The number of hydrogen-bond donors (Lipinski definition) is 0. The number of anilines is 1. The number of pyridine rings is 1. The molecule has 6 heteroatoms. The van der Waals surface area contributed by atoms with Crippen LogP contribution in [0.15, 0.2) is 18.3 Å². The lowest BCUT2D eigenvalue weighted by Crippen LogP contribution is -2.35. The third-order valence-corrected chi connectivity index (χ3v) is 3.36. The standard InChI is InChI=1S/C12H15N3O3/c1-14(9-2-5-11(16)6-3-9)12-7-4-10(8-13-12)15(17)18/h4,7-9H,2-3,5-6H2,1H3. The molecule has 1 aliphatic carbocycles. The van der Waals surface area contributed by atoms with Crippen molar-refractivity contribution < 1.29 is 9.72 Å². The van der Waals surface area contributed by atoms with Crippen LogP contribution in [-0.2, 0) is 4.79 Å². The Morgan fingerprint density at radius 3 is 2.56 bits per heavy atom. The van der Waals surface area contributed by atoms with Gasteiger partial charge in [-0.05, 0) is 18.9 Å².